The van der Waals surface area contributed by atoms with E-state index in [9.17, 15) is 4.79 Å². The van der Waals surface area contributed by atoms with Crippen molar-refractivity contribution in [3.8, 4) is 5.82 Å². The number of anilines is 2. The zero-order valence-electron chi connectivity index (χ0n) is 18.0. The molecular formula is C21H24ClN9OS. The van der Waals surface area contributed by atoms with Crippen molar-refractivity contribution in [3.63, 3.8) is 0 Å². The van der Waals surface area contributed by atoms with Crippen molar-refractivity contribution in [1.29, 1.82) is 0 Å². The lowest BCUT2D eigenvalue weighted by atomic mass is 10.1. The van der Waals surface area contributed by atoms with Crippen LogP contribution in [0.5, 0.6) is 0 Å². The average Bonchev–Trinajstić information content (AvgIpc) is 3.43. The number of nitrogens with zero attached hydrogens (tertiary/aromatic N) is 6. The minimum Gasteiger partial charge on any atom is -0.343 e. The van der Waals surface area contributed by atoms with Gasteiger partial charge in [0.1, 0.15) is 23.7 Å². The number of aryl methyl sites for hydroxylation is 2. The van der Waals surface area contributed by atoms with Crippen LogP contribution in [0.3, 0.4) is 0 Å². The number of carbonyl (C=O) groups excluding carboxylic acids is 1. The summed E-state index contributed by atoms with van der Waals surface area (Å²) in [5.74, 6) is 1.40. The molecule has 0 fully saturated rings. The van der Waals surface area contributed by atoms with Gasteiger partial charge in [-0.2, -0.15) is 23.6 Å². The Morgan fingerprint density at radius 3 is 2.79 bits per heavy atom. The Morgan fingerprint density at radius 1 is 1.27 bits per heavy atom. The molecule has 0 aliphatic rings. The summed E-state index contributed by atoms with van der Waals surface area (Å²) >= 11 is 6.06. The van der Waals surface area contributed by atoms with Crippen LogP contribution >= 0.6 is 25.1 Å². The second-order valence-electron chi connectivity index (χ2n) is 7.15. The molecule has 33 heavy (non-hydrogen) atoms. The zero-order chi connectivity index (χ0) is 22.7. The number of rotatable bonds is 7. The van der Waals surface area contributed by atoms with Crippen LogP contribution in [-0.2, 0) is 7.05 Å². The fourth-order valence-corrected chi connectivity index (χ4v) is 3.35. The quantitative estimate of drug-likeness (QED) is 0.367. The molecule has 172 valence electrons. The van der Waals surface area contributed by atoms with Gasteiger partial charge >= 0.3 is 0 Å². The summed E-state index contributed by atoms with van der Waals surface area (Å²) in [7, 11) is 1.82. The van der Waals surface area contributed by atoms with Gasteiger partial charge < -0.3 is 16.4 Å². The van der Waals surface area contributed by atoms with E-state index in [0.29, 0.717) is 16.8 Å². The number of hydrogen-bond donors (Lipinski definition) is 3. The average molecular weight is 486 g/mol. The molecule has 12 heteroatoms. The van der Waals surface area contributed by atoms with Crippen LogP contribution in [0.1, 0.15) is 27.7 Å². The number of nitrogens with two attached hydrogens (primary N) is 1. The third-order valence-electron chi connectivity index (χ3n) is 4.86. The monoisotopic (exact) mass is 485 g/mol. The number of aromatic nitrogens is 6. The molecule has 4 N–H and O–H groups in total. The molecular weight excluding hydrogens is 462 g/mol. The number of nitrogens with one attached hydrogen (secondary N) is 2. The molecule has 0 spiro atoms. The largest absolute Gasteiger partial charge is 0.343 e. The maximum absolute atomic E-state index is 12.8. The maximum Gasteiger partial charge on any atom is 0.272 e. The Morgan fingerprint density at radius 2 is 2.09 bits per heavy atom. The molecule has 4 aromatic rings. The van der Waals surface area contributed by atoms with Gasteiger partial charge in [0.05, 0.1) is 12.2 Å². The summed E-state index contributed by atoms with van der Waals surface area (Å²) in [6.45, 7) is 2.10. The molecule has 0 radical (unpaired) electrons. The van der Waals surface area contributed by atoms with Crippen LogP contribution in [0.25, 0.3) is 5.82 Å². The van der Waals surface area contributed by atoms with E-state index in [1.54, 1.807) is 40.0 Å². The first-order valence-corrected chi connectivity index (χ1v) is 10.2. The molecule has 10 nitrogen and oxygen atoms in total. The minimum absolute atomic E-state index is 0. The van der Waals surface area contributed by atoms with Crippen LogP contribution in [0, 0.1) is 6.92 Å². The molecule has 0 unspecified atom stereocenters. The fraction of sp³-hybridized carbons (Fsp3) is 0.190. The van der Waals surface area contributed by atoms with Gasteiger partial charge in [-0.25, -0.2) is 9.97 Å². The standard InChI is InChI=1S/C21H22ClN9O.H2S/c1-13-10-24-21(28-18-6-7-26-30(18)2)29-19(13)31-11-17(25-12-31)20(32)27-16(9-23)14-4-3-5-15(22)8-14;/h3-8,10-12,16H,9,23H2,1-2H3,(H,27,32)(H,24,28,29);1H2/t16-;/m1./s1. The second-order valence-corrected chi connectivity index (χ2v) is 7.58. The van der Waals surface area contributed by atoms with E-state index in [2.05, 4.69) is 30.7 Å². The first-order chi connectivity index (χ1) is 15.4. The zero-order valence-corrected chi connectivity index (χ0v) is 19.8. The van der Waals surface area contributed by atoms with Crippen molar-refractivity contribution in [3.05, 3.63) is 77.1 Å². The van der Waals surface area contributed by atoms with E-state index in [4.69, 9.17) is 17.3 Å². The highest BCUT2D eigenvalue weighted by Gasteiger charge is 2.18. The van der Waals surface area contributed by atoms with Gasteiger partial charge in [-0.05, 0) is 24.6 Å². The molecule has 0 saturated heterocycles. The van der Waals surface area contributed by atoms with Crippen LogP contribution in [0.4, 0.5) is 11.8 Å². The first-order valence-electron chi connectivity index (χ1n) is 9.84. The van der Waals surface area contributed by atoms with E-state index in [0.717, 1.165) is 16.9 Å². The second kappa shape index (κ2) is 10.5. The Hall–Kier alpha value is -3.41. The molecule has 3 heterocycles. The topological polar surface area (TPSA) is 129 Å². The highest BCUT2D eigenvalue weighted by atomic mass is 35.5. The van der Waals surface area contributed by atoms with Gasteiger partial charge in [0, 0.05) is 42.6 Å². The molecule has 4 rings (SSSR count). The molecule has 1 amide bonds. The van der Waals surface area contributed by atoms with Gasteiger partial charge in [-0.3, -0.25) is 14.0 Å². The van der Waals surface area contributed by atoms with Gasteiger partial charge in [0.25, 0.3) is 5.91 Å². The number of benzene rings is 1. The van der Waals surface area contributed by atoms with E-state index >= 15 is 0 Å². The lowest BCUT2D eigenvalue weighted by molar-refractivity contribution is 0.0933. The molecule has 0 saturated carbocycles. The van der Waals surface area contributed by atoms with Gasteiger partial charge in [0.15, 0.2) is 0 Å². The molecule has 1 atom stereocenters. The normalized spacial score (nSPS) is 11.5. The number of imidazole rings is 1. The first kappa shape index (κ1) is 24.2. The smallest absolute Gasteiger partial charge is 0.272 e. The summed E-state index contributed by atoms with van der Waals surface area (Å²) in [4.78, 5) is 25.9. The van der Waals surface area contributed by atoms with Crippen LogP contribution in [0.2, 0.25) is 5.02 Å². The summed E-state index contributed by atoms with van der Waals surface area (Å²) in [6.07, 6.45) is 6.53. The van der Waals surface area contributed by atoms with Crippen LogP contribution in [-0.4, -0.2) is 41.8 Å². The van der Waals surface area contributed by atoms with Crippen molar-refractivity contribution in [2.75, 3.05) is 11.9 Å². The molecule has 0 bridgehead atoms. The SMILES string of the molecule is Cc1cnc(Nc2ccnn2C)nc1-n1cnc(C(=O)N[C@H](CN)c2cccc(Cl)c2)c1.S. The number of hydrogen-bond acceptors (Lipinski definition) is 7. The molecule has 3 aromatic heterocycles. The molecule has 0 aliphatic carbocycles. The fourth-order valence-electron chi connectivity index (χ4n) is 3.16. The third-order valence-corrected chi connectivity index (χ3v) is 5.09. The predicted octanol–water partition coefficient (Wildman–Crippen LogP) is 2.64. The Balaban J connectivity index is 0.00000306. The summed E-state index contributed by atoms with van der Waals surface area (Å²) < 4.78 is 3.35. The molecule has 0 aliphatic heterocycles. The maximum atomic E-state index is 12.8. The van der Waals surface area contributed by atoms with Crippen molar-refractivity contribution in [1.82, 2.24) is 34.6 Å². The highest BCUT2D eigenvalue weighted by Crippen LogP contribution is 2.19. The molecule has 1 aromatic carbocycles. The van der Waals surface area contributed by atoms with Crippen LogP contribution in [0.15, 0.2) is 55.2 Å². The van der Waals surface area contributed by atoms with E-state index < -0.39 is 0 Å². The van der Waals surface area contributed by atoms with Crippen molar-refractivity contribution >= 4 is 42.8 Å². The highest BCUT2D eigenvalue weighted by molar-refractivity contribution is 7.59. The number of carbonyl (C=O) groups is 1. The minimum atomic E-state index is -0.387. The van der Waals surface area contributed by atoms with Gasteiger partial charge in [-0.15, -0.1) is 0 Å². The Bertz CT molecular complexity index is 1260. The number of amides is 1. The number of halogens is 1. The van der Waals surface area contributed by atoms with Crippen molar-refractivity contribution in [2.24, 2.45) is 12.8 Å². The Kier molecular flexibility index (Phi) is 7.69. The summed E-state index contributed by atoms with van der Waals surface area (Å²) in [5, 5.41) is 10.7. The van der Waals surface area contributed by atoms with Crippen LogP contribution < -0.4 is 16.4 Å². The van der Waals surface area contributed by atoms with E-state index in [1.807, 2.05) is 32.2 Å². The predicted molar refractivity (Wildman–Crippen MR) is 131 cm³/mol. The van der Waals surface area contributed by atoms with Gasteiger partial charge in [-0.1, -0.05) is 23.7 Å². The summed E-state index contributed by atoms with van der Waals surface area (Å²) in [6, 6.07) is 8.65. The van der Waals surface area contributed by atoms with Crippen molar-refractivity contribution in [2.45, 2.75) is 13.0 Å². The lowest BCUT2D eigenvalue weighted by Gasteiger charge is -2.16. The van der Waals surface area contributed by atoms with E-state index in [1.165, 1.54) is 6.33 Å². The van der Waals surface area contributed by atoms with E-state index in [-0.39, 0.29) is 37.7 Å². The van der Waals surface area contributed by atoms with Gasteiger partial charge in [0.2, 0.25) is 5.95 Å². The van der Waals surface area contributed by atoms with Crippen molar-refractivity contribution < 1.29 is 4.79 Å². The summed E-state index contributed by atoms with van der Waals surface area (Å²) in [5.41, 5.74) is 7.75. The Labute approximate surface area is 202 Å². The lowest BCUT2D eigenvalue weighted by Crippen LogP contribution is -2.33. The third kappa shape index (κ3) is 5.51.